The summed E-state index contributed by atoms with van der Waals surface area (Å²) in [6, 6.07) is 3.99. The smallest absolute Gasteiger partial charge is 0.123 e. The molecule has 1 heterocycles. The van der Waals surface area contributed by atoms with Gasteiger partial charge in [0.15, 0.2) is 0 Å². The van der Waals surface area contributed by atoms with Crippen molar-refractivity contribution in [2.75, 3.05) is 20.3 Å². The molecule has 1 atom stereocenters. The first-order valence-corrected chi connectivity index (χ1v) is 4.17. The van der Waals surface area contributed by atoms with Crippen LogP contribution in [0.5, 0.6) is 0 Å². The predicted octanol–water partition coefficient (Wildman–Crippen LogP) is 1.58. The van der Waals surface area contributed by atoms with Crippen LogP contribution in [0.15, 0.2) is 22.8 Å². The SMILES string of the molecule is CCOCC(NC)c1ccco1. The Hall–Kier alpha value is -0.800. The van der Waals surface area contributed by atoms with Crippen molar-refractivity contribution in [1.82, 2.24) is 5.32 Å². The molecule has 1 N–H and O–H groups in total. The van der Waals surface area contributed by atoms with Gasteiger partial charge in [-0.25, -0.2) is 0 Å². The standard InChI is InChI=1S/C9H15NO2/c1-3-11-7-8(10-2)9-5-4-6-12-9/h4-6,8,10H,3,7H2,1-2H3. The van der Waals surface area contributed by atoms with E-state index in [1.54, 1.807) is 6.26 Å². The molecule has 0 bridgehead atoms. The molecule has 0 saturated heterocycles. The van der Waals surface area contributed by atoms with Crippen LogP contribution in [-0.2, 0) is 4.74 Å². The monoisotopic (exact) mass is 169 g/mol. The van der Waals surface area contributed by atoms with Crippen LogP contribution in [0.1, 0.15) is 18.7 Å². The minimum atomic E-state index is 0.167. The third-order valence-corrected chi connectivity index (χ3v) is 1.72. The van der Waals surface area contributed by atoms with E-state index in [0.717, 1.165) is 12.4 Å². The van der Waals surface area contributed by atoms with Crippen LogP contribution in [0.3, 0.4) is 0 Å². The Kier molecular flexibility index (Phi) is 3.84. The molecule has 68 valence electrons. The van der Waals surface area contributed by atoms with Gasteiger partial charge in [-0.3, -0.25) is 0 Å². The van der Waals surface area contributed by atoms with Crippen molar-refractivity contribution in [3.05, 3.63) is 24.2 Å². The van der Waals surface area contributed by atoms with E-state index in [4.69, 9.17) is 9.15 Å². The Bertz CT molecular complexity index is 196. The number of nitrogens with one attached hydrogen (secondary N) is 1. The summed E-state index contributed by atoms with van der Waals surface area (Å²) in [4.78, 5) is 0. The van der Waals surface area contributed by atoms with Gasteiger partial charge in [0.2, 0.25) is 0 Å². The summed E-state index contributed by atoms with van der Waals surface area (Å²) in [5.41, 5.74) is 0. The van der Waals surface area contributed by atoms with E-state index in [2.05, 4.69) is 5.32 Å². The van der Waals surface area contributed by atoms with E-state index >= 15 is 0 Å². The molecule has 0 spiro atoms. The van der Waals surface area contributed by atoms with Gasteiger partial charge < -0.3 is 14.5 Å². The molecule has 0 saturated carbocycles. The highest BCUT2D eigenvalue weighted by atomic mass is 16.5. The minimum absolute atomic E-state index is 0.167. The molecule has 0 amide bonds. The molecule has 1 rings (SSSR count). The fourth-order valence-corrected chi connectivity index (χ4v) is 1.03. The van der Waals surface area contributed by atoms with Crippen molar-refractivity contribution in [2.45, 2.75) is 13.0 Å². The molecule has 1 aromatic rings. The van der Waals surface area contributed by atoms with Crippen molar-refractivity contribution < 1.29 is 9.15 Å². The molecule has 1 unspecified atom stereocenters. The van der Waals surface area contributed by atoms with E-state index in [-0.39, 0.29) is 6.04 Å². The second-order valence-electron chi connectivity index (χ2n) is 2.52. The number of ether oxygens (including phenoxy) is 1. The van der Waals surface area contributed by atoms with Crippen LogP contribution in [0, 0.1) is 0 Å². The maximum atomic E-state index is 5.29. The zero-order chi connectivity index (χ0) is 8.81. The third-order valence-electron chi connectivity index (χ3n) is 1.72. The summed E-state index contributed by atoms with van der Waals surface area (Å²) in [6.45, 7) is 3.37. The van der Waals surface area contributed by atoms with Crippen LogP contribution >= 0.6 is 0 Å². The van der Waals surface area contributed by atoms with E-state index < -0.39 is 0 Å². The zero-order valence-electron chi connectivity index (χ0n) is 7.54. The van der Waals surface area contributed by atoms with E-state index in [9.17, 15) is 0 Å². The average molecular weight is 169 g/mol. The number of hydrogen-bond acceptors (Lipinski definition) is 3. The molecular formula is C9H15NO2. The van der Waals surface area contributed by atoms with Crippen molar-refractivity contribution >= 4 is 0 Å². The molecule has 1 aromatic heterocycles. The summed E-state index contributed by atoms with van der Waals surface area (Å²) >= 11 is 0. The van der Waals surface area contributed by atoms with Gasteiger partial charge >= 0.3 is 0 Å². The van der Waals surface area contributed by atoms with Gasteiger partial charge in [-0.05, 0) is 26.1 Å². The lowest BCUT2D eigenvalue weighted by Gasteiger charge is -2.12. The number of rotatable bonds is 5. The molecule has 3 nitrogen and oxygen atoms in total. The van der Waals surface area contributed by atoms with Gasteiger partial charge in [0.1, 0.15) is 5.76 Å². The second kappa shape index (κ2) is 4.95. The van der Waals surface area contributed by atoms with Crippen LogP contribution < -0.4 is 5.32 Å². The molecule has 0 aromatic carbocycles. The van der Waals surface area contributed by atoms with Gasteiger partial charge in [0.05, 0.1) is 18.9 Å². The Morgan fingerprint density at radius 3 is 3.00 bits per heavy atom. The Morgan fingerprint density at radius 1 is 1.67 bits per heavy atom. The first-order chi connectivity index (χ1) is 5.88. The molecule has 0 aliphatic rings. The highest BCUT2D eigenvalue weighted by Crippen LogP contribution is 2.12. The topological polar surface area (TPSA) is 34.4 Å². The van der Waals surface area contributed by atoms with Gasteiger partial charge in [0, 0.05) is 6.61 Å². The molecule has 0 aliphatic heterocycles. The largest absolute Gasteiger partial charge is 0.468 e. The third kappa shape index (κ3) is 2.36. The predicted molar refractivity (Wildman–Crippen MR) is 47.0 cm³/mol. The fourth-order valence-electron chi connectivity index (χ4n) is 1.03. The van der Waals surface area contributed by atoms with Crippen molar-refractivity contribution in [3.8, 4) is 0 Å². The first-order valence-electron chi connectivity index (χ1n) is 4.17. The molecule has 0 fully saturated rings. The Labute approximate surface area is 72.7 Å². The highest BCUT2D eigenvalue weighted by molar-refractivity contribution is 5.03. The van der Waals surface area contributed by atoms with Crippen molar-refractivity contribution in [3.63, 3.8) is 0 Å². The molecule has 0 radical (unpaired) electrons. The second-order valence-corrected chi connectivity index (χ2v) is 2.52. The highest BCUT2D eigenvalue weighted by Gasteiger charge is 2.10. The van der Waals surface area contributed by atoms with Crippen LogP contribution in [0.4, 0.5) is 0 Å². The van der Waals surface area contributed by atoms with Gasteiger partial charge in [0.25, 0.3) is 0 Å². The Morgan fingerprint density at radius 2 is 2.50 bits per heavy atom. The van der Waals surface area contributed by atoms with E-state index in [0.29, 0.717) is 6.61 Å². The van der Waals surface area contributed by atoms with Gasteiger partial charge in [-0.2, -0.15) is 0 Å². The zero-order valence-corrected chi connectivity index (χ0v) is 7.54. The number of furan rings is 1. The van der Waals surface area contributed by atoms with E-state index in [1.807, 2.05) is 26.1 Å². The van der Waals surface area contributed by atoms with E-state index in [1.165, 1.54) is 0 Å². The summed E-state index contributed by atoms with van der Waals surface area (Å²) < 4.78 is 10.5. The van der Waals surface area contributed by atoms with Crippen LogP contribution in [-0.4, -0.2) is 20.3 Å². The van der Waals surface area contributed by atoms with Gasteiger partial charge in [-0.15, -0.1) is 0 Å². The lowest BCUT2D eigenvalue weighted by Crippen LogP contribution is -2.21. The summed E-state index contributed by atoms with van der Waals surface area (Å²) in [5, 5.41) is 3.12. The van der Waals surface area contributed by atoms with Crippen molar-refractivity contribution in [1.29, 1.82) is 0 Å². The van der Waals surface area contributed by atoms with Gasteiger partial charge in [-0.1, -0.05) is 0 Å². The molecule has 0 aliphatic carbocycles. The quantitative estimate of drug-likeness (QED) is 0.726. The first kappa shape index (κ1) is 9.29. The normalized spacial score (nSPS) is 13.2. The molecule has 12 heavy (non-hydrogen) atoms. The summed E-state index contributed by atoms with van der Waals surface area (Å²) in [7, 11) is 1.90. The van der Waals surface area contributed by atoms with Crippen LogP contribution in [0.2, 0.25) is 0 Å². The molecule has 3 heteroatoms. The maximum Gasteiger partial charge on any atom is 0.123 e. The van der Waals surface area contributed by atoms with Crippen LogP contribution in [0.25, 0.3) is 0 Å². The lowest BCUT2D eigenvalue weighted by atomic mass is 10.2. The summed E-state index contributed by atoms with van der Waals surface area (Å²) in [6.07, 6.45) is 1.67. The Balaban J connectivity index is 2.45. The summed E-state index contributed by atoms with van der Waals surface area (Å²) in [5.74, 6) is 0.922. The molecular weight excluding hydrogens is 154 g/mol. The van der Waals surface area contributed by atoms with Crippen molar-refractivity contribution in [2.24, 2.45) is 0 Å². The minimum Gasteiger partial charge on any atom is -0.468 e. The number of hydrogen-bond donors (Lipinski definition) is 1. The maximum absolute atomic E-state index is 5.29. The number of likely N-dealkylation sites (N-methyl/N-ethyl adjacent to an activating group) is 1. The lowest BCUT2D eigenvalue weighted by molar-refractivity contribution is 0.118. The average Bonchev–Trinajstić information content (AvgIpc) is 2.59. The fraction of sp³-hybridized carbons (Fsp3) is 0.556.